The summed E-state index contributed by atoms with van der Waals surface area (Å²) in [6, 6.07) is 27.6. The molecule has 0 spiro atoms. The number of hydrogen-bond acceptors (Lipinski definition) is 2. The first-order chi connectivity index (χ1) is 13.7. The van der Waals surface area contributed by atoms with E-state index in [0.717, 1.165) is 32.1 Å². The molecule has 28 heavy (non-hydrogen) atoms. The number of carbonyl (C=O) groups is 1. The summed E-state index contributed by atoms with van der Waals surface area (Å²) in [7, 11) is 0. The van der Waals surface area contributed by atoms with Crippen LogP contribution in [0.25, 0.3) is 22.6 Å². The van der Waals surface area contributed by atoms with Gasteiger partial charge < -0.3 is 0 Å². The second kappa shape index (κ2) is 8.32. The molecular weight excluding hydrogens is 410 g/mol. The van der Waals surface area contributed by atoms with Crippen molar-refractivity contribution in [3.63, 3.8) is 0 Å². The number of Topliss-reactive ketones (excluding diaryl/α,β-unsaturated/α-hetero) is 1. The van der Waals surface area contributed by atoms with Crippen LogP contribution < -0.4 is 0 Å². The lowest BCUT2D eigenvalue weighted by molar-refractivity contribution is -0.113. The van der Waals surface area contributed by atoms with E-state index >= 15 is 0 Å². The number of carbonyl (C=O) groups excluding carboxylic acids is 1. The fourth-order valence-corrected chi connectivity index (χ4v) is 3.72. The third-order valence-corrected chi connectivity index (χ3v) is 5.34. The SMILES string of the molecule is O=C(Cc1ccc(Br)c2cccnc12)/C(=C/c1ccccc1)c1ccccc1. The lowest BCUT2D eigenvalue weighted by atomic mass is 9.94. The summed E-state index contributed by atoms with van der Waals surface area (Å²) in [5, 5.41) is 1.01. The van der Waals surface area contributed by atoms with E-state index in [2.05, 4.69) is 20.9 Å². The Morgan fingerprint density at radius 2 is 1.57 bits per heavy atom. The molecule has 3 aromatic carbocycles. The van der Waals surface area contributed by atoms with Crippen molar-refractivity contribution in [1.82, 2.24) is 4.98 Å². The molecule has 1 heterocycles. The molecular formula is C25H18BrNO. The van der Waals surface area contributed by atoms with Crippen molar-refractivity contribution in [3.8, 4) is 0 Å². The van der Waals surface area contributed by atoms with Crippen molar-refractivity contribution >= 4 is 44.3 Å². The summed E-state index contributed by atoms with van der Waals surface area (Å²) in [6.45, 7) is 0. The fraction of sp³-hybridized carbons (Fsp3) is 0.0400. The van der Waals surface area contributed by atoms with E-state index in [4.69, 9.17) is 0 Å². The molecule has 1 aromatic heterocycles. The molecule has 0 saturated heterocycles. The van der Waals surface area contributed by atoms with Crippen LogP contribution in [0, 0.1) is 0 Å². The molecule has 0 N–H and O–H groups in total. The van der Waals surface area contributed by atoms with Gasteiger partial charge in [0.05, 0.1) is 5.52 Å². The minimum atomic E-state index is 0.0735. The normalized spacial score (nSPS) is 11.5. The maximum absolute atomic E-state index is 13.3. The first-order valence-corrected chi connectivity index (χ1v) is 9.89. The van der Waals surface area contributed by atoms with Gasteiger partial charge in [-0.2, -0.15) is 0 Å². The molecule has 136 valence electrons. The Balaban J connectivity index is 1.75. The number of benzene rings is 3. The number of fused-ring (bicyclic) bond motifs is 1. The largest absolute Gasteiger partial charge is 0.294 e. The van der Waals surface area contributed by atoms with Crippen molar-refractivity contribution in [2.24, 2.45) is 0 Å². The Kier molecular flexibility index (Phi) is 5.45. The van der Waals surface area contributed by atoms with Crippen LogP contribution in [0.2, 0.25) is 0 Å². The summed E-state index contributed by atoms with van der Waals surface area (Å²) < 4.78 is 0.981. The molecule has 0 saturated carbocycles. The Bertz CT molecular complexity index is 1150. The van der Waals surface area contributed by atoms with Gasteiger partial charge in [-0.15, -0.1) is 0 Å². The van der Waals surface area contributed by atoms with Crippen molar-refractivity contribution < 1.29 is 4.79 Å². The van der Waals surface area contributed by atoms with Gasteiger partial charge in [-0.05, 0) is 34.9 Å². The van der Waals surface area contributed by atoms with Crippen LogP contribution in [-0.4, -0.2) is 10.8 Å². The third kappa shape index (κ3) is 3.95. The van der Waals surface area contributed by atoms with Gasteiger partial charge in [0.15, 0.2) is 5.78 Å². The number of nitrogens with zero attached hydrogens (tertiary/aromatic N) is 1. The number of hydrogen-bond donors (Lipinski definition) is 0. The molecule has 2 nitrogen and oxygen atoms in total. The first kappa shape index (κ1) is 18.3. The zero-order chi connectivity index (χ0) is 19.3. The predicted octanol–water partition coefficient (Wildman–Crippen LogP) is 6.35. The van der Waals surface area contributed by atoms with Crippen LogP contribution in [0.3, 0.4) is 0 Å². The number of halogens is 1. The highest BCUT2D eigenvalue weighted by molar-refractivity contribution is 9.10. The topological polar surface area (TPSA) is 30.0 Å². The van der Waals surface area contributed by atoms with Crippen molar-refractivity contribution in [3.05, 3.63) is 112 Å². The van der Waals surface area contributed by atoms with Crippen LogP contribution in [0.1, 0.15) is 16.7 Å². The maximum Gasteiger partial charge on any atom is 0.167 e. The number of ketones is 1. The Hall–Kier alpha value is -3.04. The zero-order valence-corrected chi connectivity index (χ0v) is 16.8. The molecule has 0 radical (unpaired) electrons. The molecule has 4 aromatic rings. The zero-order valence-electron chi connectivity index (χ0n) is 15.2. The van der Waals surface area contributed by atoms with Crippen molar-refractivity contribution in [2.75, 3.05) is 0 Å². The Morgan fingerprint density at radius 3 is 2.32 bits per heavy atom. The van der Waals surface area contributed by atoms with Crippen molar-refractivity contribution in [1.29, 1.82) is 0 Å². The molecule has 3 heteroatoms. The fourth-order valence-electron chi connectivity index (χ4n) is 3.27. The summed E-state index contributed by atoms with van der Waals surface area (Å²) >= 11 is 3.57. The van der Waals surface area contributed by atoms with Crippen molar-refractivity contribution in [2.45, 2.75) is 6.42 Å². The van der Waals surface area contributed by atoms with Gasteiger partial charge in [0, 0.05) is 28.0 Å². The van der Waals surface area contributed by atoms with E-state index < -0.39 is 0 Å². The van der Waals surface area contributed by atoms with E-state index in [0.29, 0.717) is 12.0 Å². The summed E-state index contributed by atoms with van der Waals surface area (Å²) in [5.74, 6) is 0.0735. The molecule has 0 unspecified atom stereocenters. The average Bonchev–Trinajstić information content (AvgIpc) is 2.75. The van der Waals surface area contributed by atoms with Gasteiger partial charge in [-0.25, -0.2) is 0 Å². The summed E-state index contributed by atoms with van der Waals surface area (Å²) in [6.07, 6.45) is 4.03. The Labute approximate surface area is 172 Å². The van der Waals surface area contributed by atoms with Crippen LogP contribution in [0.5, 0.6) is 0 Å². The number of allylic oxidation sites excluding steroid dienone is 1. The van der Waals surface area contributed by atoms with Gasteiger partial charge in [-0.1, -0.05) is 88.7 Å². The molecule has 4 rings (SSSR count). The van der Waals surface area contributed by atoms with Crippen LogP contribution in [-0.2, 0) is 11.2 Å². The van der Waals surface area contributed by atoms with Crippen LogP contribution >= 0.6 is 15.9 Å². The van der Waals surface area contributed by atoms with Crippen LogP contribution in [0.15, 0.2) is 95.6 Å². The second-order valence-corrected chi connectivity index (χ2v) is 7.40. The molecule has 0 atom stereocenters. The lowest BCUT2D eigenvalue weighted by Gasteiger charge is -2.10. The highest BCUT2D eigenvalue weighted by Crippen LogP contribution is 2.27. The molecule has 0 aliphatic heterocycles. The summed E-state index contributed by atoms with van der Waals surface area (Å²) in [4.78, 5) is 17.8. The number of pyridine rings is 1. The lowest BCUT2D eigenvalue weighted by Crippen LogP contribution is -2.07. The molecule has 0 aliphatic rings. The smallest absolute Gasteiger partial charge is 0.167 e. The van der Waals surface area contributed by atoms with E-state index in [1.165, 1.54) is 0 Å². The Morgan fingerprint density at radius 1 is 0.857 bits per heavy atom. The quantitative estimate of drug-likeness (QED) is 0.274. The second-order valence-electron chi connectivity index (χ2n) is 6.54. The monoisotopic (exact) mass is 427 g/mol. The van der Waals surface area contributed by atoms with Gasteiger partial charge in [0.1, 0.15) is 0 Å². The van der Waals surface area contributed by atoms with Gasteiger partial charge in [-0.3, -0.25) is 9.78 Å². The van der Waals surface area contributed by atoms with Crippen LogP contribution in [0.4, 0.5) is 0 Å². The van der Waals surface area contributed by atoms with E-state index in [-0.39, 0.29) is 5.78 Å². The number of aromatic nitrogens is 1. The molecule has 0 bridgehead atoms. The highest BCUT2D eigenvalue weighted by Gasteiger charge is 2.15. The van der Waals surface area contributed by atoms with Gasteiger partial charge in [0.2, 0.25) is 0 Å². The average molecular weight is 428 g/mol. The molecule has 0 fully saturated rings. The predicted molar refractivity (Wildman–Crippen MR) is 119 cm³/mol. The van der Waals surface area contributed by atoms with E-state index in [1.54, 1.807) is 6.20 Å². The highest BCUT2D eigenvalue weighted by atomic mass is 79.9. The van der Waals surface area contributed by atoms with E-state index in [1.807, 2.05) is 91.0 Å². The maximum atomic E-state index is 13.3. The first-order valence-electron chi connectivity index (χ1n) is 9.10. The minimum absolute atomic E-state index is 0.0735. The van der Waals surface area contributed by atoms with E-state index in [9.17, 15) is 4.79 Å². The summed E-state index contributed by atoms with van der Waals surface area (Å²) in [5.41, 5.74) is 4.43. The van der Waals surface area contributed by atoms with Gasteiger partial charge in [0.25, 0.3) is 0 Å². The molecule has 0 amide bonds. The number of rotatable bonds is 5. The minimum Gasteiger partial charge on any atom is -0.294 e. The standard InChI is InChI=1S/C25H18BrNO/c26-23-14-13-20(25-21(23)12-7-15-27-25)17-24(28)22(19-10-5-2-6-11-19)16-18-8-3-1-4-9-18/h1-16H,17H2/b22-16+. The molecule has 0 aliphatic carbocycles. The third-order valence-electron chi connectivity index (χ3n) is 4.65. The van der Waals surface area contributed by atoms with Gasteiger partial charge >= 0.3 is 0 Å².